The summed E-state index contributed by atoms with van der Waals surface area (Å²) < 4.78 is 16.4. The maximum atomic E-state index is 12.9. The van der Waals surface area contributed by atoms with Crippen LogP contribution in [0.1, 0.15) is 34.6 Å². The van der Waals surface area contributed by atoms with Crippen molar-refractivity contribution >= 4 is 11.9 Å². The van der Waals surface area contributed by atoms with E-state index >= 15 is 0 Å². The van der Waals surface area contributed by atoms with Crippen LogP contribution in [0.2, 0.25) is 0 Å². The molecule has 5 rings (SSSR count). The quantitative estimate of drug-likeness (QED) is 0.294. The van der Waals surface area contributed by atoms with Crippen LogP contribution in [-0.2, 0) is 9.47 Å². The number of hydrogen-bond donors (Lipinski definition) is 2. The molecule has 0 aliphatic rings. The van der Waals surface area contributed by atoms with Crippen molar-refractivity contribution < 1.29 is 23.5 Å². The lowest BCUT2D eigenvalue weighted by Crippen LogP contribution is -2.07. The summed E-state index contributed by atoms with van der Waals surface area (Å²) >= 11 is 0. The second kappa shape index (κ2) is 10.3. The highest BCUT2D eigenvalue weighted by atomic mass is 16.5. The first kappa shape index (κ1) is 23.7. The summed E-state index contributed by atoms with van der Waals surface area (Å²) in [7, 11) is 0. The first-order valence-electron chi connectivity index (χ1n) is 11.6. The molecule has 0 saturated carbocycles. The van der Waals surface area contributed by atoms with Crippen molar-refractivity contribution in [2.45, 2.75) is 13.8 Å². The largest absolute Gasteiger partial charge is 0.462 e. The Labute approximate surface area is 210 Å². The number of aromatic amines is 2. The molecule has 186 valence electrons. The molecule has 2 N–H and O–H groups in total. The third kappa shape index (κ3) is 4.49. The van der Waals surface area contributed by atoms with E-state index in [1.54, 1.807) is 13.8 Å². The molecule has 0 aliphatic carbocycles. The lowest BCUT2D eigenvalue weighted by molar-refractivity contribution is 0.0518. The number of aromatic nitrogens is 6. The van der Waals surface area contributed by atoms with E-state index in [9.17, 15) is 9.59 Å². The molecule has 11 nitrogen and oxygen atoms in total. The average molecular weight is 498 g/mol. The second-order valence-corrected chi connectivity index (χ2v) is 7.73. The minimum absolute atomic E-state index is 0.0154. The molecular weight excluding hydrogens is 476 g/mol. The number of hydrogen-bond acceptors (Lipinski definition) is 9. The molecule has 0 atom stereocenters. The molecule has 0 bridgehead atoms. The normalized spacial score (nSPS) is 10.9. The van der Waals surface area contributed by atoms with Crippen LogP contribution in [0.15, 0.2) is 65.1 Å². The van der Waals surface area contributed by atoms with Crippen LogP contribution in [0, 0.1) is 0 Å². The fourth-order valence-corrected chi connectivity index (χ4v) is 3.83. The zero-order valence-corrected chi connectivity index (χ0v) is 20.0. The van der Waals surface area contributed by atoms with E-state index in [4.69, 9.17) is 13.9 Å². The van der Waals surface area contributed by atoms with Crippen molar-refractivity contribution in [2.24, 2.45) is 0 Å². The van der Waals surface area contributed by atoms with Crippen molar-refractivity contribution in [1.82, 2.24) is 30.6 Å². The van der Waals surface area contributed by atoms with Crippen molar-refractivity contribution in [3.63, 3.8) is 0 Å². The smallest absolute Gasteiger partial charge is 0.342 e. The predicted molar refractivity (Wildman–Crippen MR) is 132 cm³/mol. The summed E-state index contributed by atoms with van der Waals surface area (Å²) in [6.07, 6.45) is 0. The molecule has 2 aromatic carbocycles. The van der Waals surface area contributed by atoms with Gasteiger partial charge in [0.25, 0.3) is 11.8 Å². The van der Waals surface area contributed by atoms with Crippen LogP contribution < -0.4 is 0 Å². The number of rotatable bonds is 8. The van der Waals surface area contributed by atoms with Crippen molar-refractivity contribution in [1.29, 1.82) is 0 Å². The number of carbonyl (C=O) groups is 2. The maximum Gasteiger partial charge on any atom is 0.342 e. The number of esters is 2. The minimum atomic E-state index is -0.593. The maximum absolute atomic E-state index is 12.9. The Morgan fingerprint density at radius 2 is 1.11 bits per heavy atom. The molecule has 37 heavy (non-hydrogen) atoms. The van der Waals surface area contributed by atoms with Crippen LogP contribution in [-0.4, -0.2) is 55.7 Å². The molecule has 11 heteroatoms. The van der Waals surface area contributed by atoms with E-state index < -0.39 is 11.9 Å². The number of H-pyrrole nitrogens is 2. The van der Waals surface area contributed by atoms with Crippen molar-refractivity contribution in [3.8, 4) is 45.7 Å². The van der Waals surface area contributed by atoms with Gasteiger partial charge in [-0.15, -0.1) is 10.2 Å². The number of nitrogens with zero attached hydrogens (tertiary/aromatic N) is 4. The van der Waals surface area contributed by atoms with Gasteiger partial charge in [0, 0.05) is 11.1 Å². The topological polar surface area (TPSA) is 149 Å². The molecule has 0 spiro atoms. The predicted octanol–water partition coefficient (Wildman–Crippen LogP) is 4.54. The minimum Gasteiger partial charge on any atom is -0.462 e. The summed E-state index contributed by atoms with van der Waals surface area (Å²) in [5.74, 6) is -1.22. The Balaban J connectivity index is 1.60. The van der Waals surface area contributed by atoms with Crippen molar-refractivity contribution in [3.05, 3.63) is 71.8 Å². The Bertz CT molecular complexity index is 1420. The van der Waals surface area contributed by atoms with Crippen LogP contribution in [0.3, 0.4) is 0 Å². The van der Waals surface area contributed by atoms with E-state index in [1.807, 2.05) is 60.7 Å². The summed E-state index contributed by atoms with van der Waals surface area (Å²) in [5, 5.41) is 22.5. The summed E-state index contributed by atoms with van der Waals surface area (Å²) in [4.78, 5) is 25.8. The van der Waals surface area contributed by atoms with E-state index in [2.05, 4.69) is 30.6 Å². The van der Waals surface area contributed by atoms with Crippen LogP contribution >= 0.6 is 0 Å². The fourth-order valence-electron chi connectivity index (χ4n) is 3.83. The first-order chi connectivity index (χ1) is 18.1. The number of carbonyl (C=O) groups excluding carboxylic acids is 2. The standard InChI is InChI=1S/C26H22N6O5/c1-3-35-25(33)17-19(15-11-7-5-8-12-15)27-29-21(17)23-31-32-24(37-23)22-18(26(34)36-4-2)20(28-30-22)16-13-9-6-10-14-16/h5-14H,3-4H2,1-2H3,(H,27,29)(H,28,30). The molecular formula is C26H22N6O5. The van der Waals surface area contributed by atoms with Crippen LogP contribution in [0.4, 0.5) is 0 Å². The summed E-state index contributed by atoms with van der Waals surface area (Å²) in [6, 6.07) is 18.4. The van der Waals surface area contributed by atoms with Gasteiger partial charge < -0.3 is 13.9 Å². The Morgan fingerprint density at radius 1 is 0.703 bits per heavy atom. The molecule has 3 heterocycles. The Hall–Kier alpha value is -5.06. The number of ether oxygens (including phenoxy) is 2. The second-order valence-electron chi connectivity index (χ2n) is 7.73. The lowest BCUT2D eigenvalue weighted by Gasteiger charge is -2.04. The first-order valence-corrected chi connectivity index (χ1v) is 11.6. The lowest BCUT2D eigenvalue weighted by atomic mass is 10.1. The van der Waals surface area contributed by atoms with Gasteiger partial charge >= 0.3 is 11.9 Å². The van der Waals surface area contributed by atoms with Gasteiger partial charge in [-0.3, -0.25) is 10.2 Å². The van der Waals surface area contributed by atoms with E-state index in [0.717, 1.165) is 0 Å². The highest BCUT2D eigenvalue weighted by molar-refractivity contribution is 6.02. The zero-order valence-electron chi connectivity index (χ0n) is 20.0. The average Bonchev–Trinajstić information content (AvgIpc) is 3.68. The van der Waals surface area contributed by atoms with Gasteiger partial charge in [0.1, 0.15) is 33.9 Å². The number of nitrogens with one attached hydrogen (secondary N) is 2. The van der Waals surface area contributed by atoms with Crippen LogP contribution in [0.25, 0.3) is 45.7 Å². The van der Waals surface area contributed by atoms with Gasteiger partial charge in [0.05, 0.1) is 13.2 Å². The third-order valence-corrected chi connectivity index (χ3v) is 5.44. The van der Waals surface area contributed by atoms with Gasteiger partial charge in [-0.2, -0.15) is 10.2 Å². The molecule has 0 aliphatic heterocycles. The highest BCUT2D eigenvalue weighted by Crippen LogP contribution is 2.34. The SMILES string of the molecule is CCOC(=O)c1c(-c2ccccc2)n[nH]c1-c1nnc(-c2[nH]nc(-c3ccccc3)c2C(=O)OCC)o1. The Morgan fingerprint density at radius 3 is 1.49 bits per heavy atom. The molecule has 3 aromatic heterocycles. The Kier molecular flexibility index (Phi) is 6.58. The van der Waals surface area contributed by atoms with Gasteiger partial charge in [-0.1, -0.05) is 60.7 Å². The molecule has 0 fully saturated rings. The van der Waals surface area contributed by atoms with Gasteiger partial charge in [-0.05, 0) is 13.8 Å². The van der Waals surface area contributed by atoms with Gasteiger partial charge in [0.2, 0.25) is 0 Å². The third-order valence-electron chi connectivity index (χ3n) is 5.44. The summed E-state index contributed by atoms with van der Waals surface area (Å²) in [6.45, 7) is 3.77. The van der Waals surface area contributed by atoms with Crippen molar-refractivity contribution in [2.75, 3.05) is 13.2 Å². The molecule has 0 amide bonds. The van der Waals surface area contributed by atoms with Gasteiger partial charge in [-0.25, -0.2) is 9.59 Å². The monoisotopic (exact) mass is 498 g/mol. The molecule has 0 unspecified atom stereocenters. The van der Waals surface area contributed by atoms with Crippen LogP contribution in [0.5, 0.6) is 0 Å². The van der Waals surface area contributed by atoms with E-state index in [1.165, 1.54) is 0 Å². The fraction of sp³-hybridized carbons (Fsp3) is 0.154. The molecule has 0 saturated heterocycles. The van der Waals surface area contributed by atoms with E-state index in [0.29, 0.717) is 22.5 Å². The zero-order chi connectivity index (χ0) is 25.8. The molecule has 5 aromatic rings. The summed E-state index contributed by atoms with van der Waals surface area (Å²) in [5.41, 5.74) is 2.87. The van der Waals surface area contributed by atoms with Gasteiger partial charge in [0.15, 0.2) is 0 Å². The van der Waals surface area contributed by atoms with E-state index in [-0.39, 0.29) is 47.5 Å². The highest BCUT2D eigenvalue weighted by Gasteiger charge is 2.30. The molecule has 0 radical (unpaired) electrons. The number of benzene rings is 2.